The first-order valence-corrected chi connectivity index (χ1v) is 6.10. The topological polar surface area (TPSA) is 92.9 Å². The van der Waals surface area contributed by atoms with Crippen molar-refractivity contribution in [3.05, 3.63) is 12.4 Å². The Morgan fingerprint density at radius 2 is 2.20 bits per heavy atom. The van der Waals surface area contributed by atoms with Gasteiger partial charge in [0, 0.05) is 28.9 Å². The molecule has 84 valence electrons. The predicted octanol–water partition coefficient (Wildman–Crippen LogP) is -0.0589. The molecule has 0 radical (unpaired) electrons. The lowest BCUT2D eigenvalue weighted by atomic mass is 10.4. The van der Waals surface area contributed by atoms with Gasteiger partial charge in [0.25, 0.3) is 0 Å². The standard InChI is InChI=1S/C8H15N5OS/c1-6(15(2)14)3-11-7-4-10-5-8(12-7)13-9/h4-6H,3,9H2,1-2H3,(H2,11,12,13). The first-order valence-electron chi connectivity index (χ1n) is 4.48. The Labute approximate surface area is 91.1 Å². The van der Waals surface area contributed by atoms with Crippen molar-refractivity contribution in [2.45, 2.75) is 12.2 Å². The molecule has 7 heteroatoms. The Morgan fingerprint density at radius 1 is 1.53 bits per heavy atom. The van der Waals surface area contributed by atoms with Crippen LogP contribution < -0.4 is 16.6 Å². The van der Waals surface area contributed by atoms with E-state index in [4.69, 9.17) is 5.84 Å². The average molecular weight is 229 g/mol. The third-order valence-electron chi connectivity index (χ3n) is 1.92. The Balaban J connectivity index is 2.53. The van der Waals surface area contributed by atoms with Gasteiger partial charge in [0.2, 0.25) is 0 Å². The van der Waals surface area contributed by atoms with E-state index in [0.717, 1.165) is 0 Å². The molecule has 0 aliphatic heterocycles. The van der Waals surface area contributed by atoms with E-state index in [1.54, 1.807) is 12.5 Å². The van der Waals surface area contributed by atoms with E-state index in [1.165, 1.54) is 6.20 Å². The van der Waals surface area contributed by atoms with Gasteiger partial charge in [0.1, 0.15) is 5.82 Å². The first-order chi connectivity index (χ1) is 7.13. The molecule has 4 N–H and O–H groups in total. The molecule has 0 aliphatic rings. The fourth-order valence-corrected chi connectivity index (χ4v) is 1.20. The minimum atomic E-state index is -0.842. The highest BCUT2D eigenvalue weighted by Crippen LogP contribution is 2.05. The lowest BCUT2D eigenvalue weighted by Gasteiger charge is -2.10. The quantitative estimate of drug-likeness (QED) is 0.484. The molecule has 15 heavy (non-hydrogen) atoms. The van der Waals surface area contributed by atoms with Crippen LogP contribution in [0.25, 0.3) is 0 Å². The van der Waals surface area contributed by atoms with Crippen molar-refractivity contribution in [2.75, 3.05) is 23.5 Å². The van der Waals surface area contributed by atoms with Crippen LogP contribution in [0.4, 0.5) is 11.6 Å². The first kappa shape index (κ1) is 11.9. The molecule has 0 spiro atoms. The maximum atomic E-state index is 11.1. The van der Waals surface area contributed by atoms with E-state index in [2.05, 4.69) is 20.7 Å². The van der Waals surface area contributed by atoms with E-state index in [-0.39, 0.29) is 5.25 Å². The van der Waals surface area contributed by atoms with Crippen LogP contribution >= 0.6 is 0 Å². The largest absolute Gasteiger partial charge is 0.368 e. The van der Waals surface area contributed by atoms with Crippen LogP contribution in [0.3, 0.4) is 0 Å². The lowest BCUT2D eigenvalue weighted by molar-refractivity contribution is 0.678. The van der Waals surface area contributed by atoms with Crippen LogP contribution in [0.1, 0.15) is 6.92 Å². The number of rotatable bonds is 5. The second-order valence-corrected chi connectivity index (χ2v) is 4.93. The Kier molecular flexibility index (Phi) is 4.44. The molecular formula is C8H15N5OS. The molecule has 0 saturated carbocycles. The van der Waals surface area contributed by atoms with E-state index in [0.29, 0.717) is 18.2 Å². The summed E-state index contributed by atoms with van der Waals surface area (Å²) in [5.41, 5.74) is 2.40. The highest BCUT2D eigenvalue weighted by Gasteiger charge is 2.06. The fraction of sp³-hybridized carbons (Fsp3) is 0.500. The number of anilines is 2. The monoisotopic (exact) mass is 229 g/mol. The normalized spacial score (nSPS) is 14.3. The molecule has 2 atom stereocenters. The average Bonchev–Trinajstić information content (AvgIpc) is 2.26. The third kappa shape index (κ3) is 3.80. The predicted molar refractivity (Wildman–Crippen MR) is 61.9 cm³/mol. The zero-order valence-electron chi connectivity index (χ0n) is 8.73. The van der Waals surface area contributed by atoms with Crippen molar-refractivity contribution in [1.29, 1.82) is 0 Å². The van der Waals surface area contributed by atoms with Crippen molar-refractivity contribution >= 4 is 22.4 Å². The molecule has 6 nitrogen and oxygen atoms in total. The number of hydrogen-bond acceptors (Lipinski definition) is 6. The Hall–Kier alpha value is -1.21. The van der Waals surface area contributed by atoms with Gasteiger partial charge in [-0.1, -0.05) is 0 Å². The van der Waals surface area contributed by atoms with Crippen LogP contribution in [0.2, 0.25) is 0 Å². The molecular weight excluding hydrogens is 214 g/mol. The van der Waals surface area contributed by atoms with Crippen molar-refractivity contribution < 1.29 is 4.21 Å². The summed E-state index contributed by atoms with van der Waals surface area (Å²) in [6.07, 6.45) is 4.79. The van der Waals surface area contributed by atoms with E-state index >= 15 is 0 Å². The molecule has 0 aliphatic carbocycles. The zero-order valence-corrected chi connectivity index (χ0v) is 9.54. The minimum Gasteiger partial charge on any atom is -0.368 e. The fourth-order valence-electron chi connectivity index (χ4n) is 0.886. The van der Waals surface area contributed by atoms with Crippen LogP contribution in [0.15, 0.2) is 12.4 Å². The van der Waals surface area contributed by atoms with Gasteiger partial charge in [0.05, 0.1) is 12.4 Å². The van der Waals surface area contributed by atoms with Crippen molar-refractivity contribution in [2.24, 2.45) is 5.84 Å². The molecule has 1 rings (SSSR count). The molecule has 1 aromatic heterocycles. The van der Waals surface area contributed by atoms with Crippen LogP contribution in [0.5, 0.6) is 0 Å². The van der Waals surface area contributed by atoms with E-state index in [1.807, 2.05) is 6.92 Å². The van der Waals surface area contributed by atoms with E-state index < -0.39 is 10.8 Å². The minimum absolute atomic E-state index is 0.0706. The van der Waals surface area contributed by atoms with Crippen molar-refractivity contribution in [1.82, 2.24) is 9.97 Å². The number of nitrogen functional groups attached to an aromatic ring is 1. The summed E-state index contributed by atoms with van der Waals surface area (Å²) in [7, 11) is -0.842. The van der Waals surface area contributed by atoms with Gasteiger partial charge >= 0.3 is 0 Å². The highest BCUT2D eigenvalue weighted by atomic mass is 32.2. The van der Waals surface area contributed by atoms with Gasteiger partial charge in [-0.3, -0.25) is 9.19 Å². The Bertz CT molecular complexity index is 346. The molecule has 0 saturated heterocycles. The molecule has 2 unspecified atom stereocenters. The summed E-state index contributed by atoms with van der Waals surface area (Å²) in [6, 6.07) is 0. The second kappa shape index (κ2) is 5.62. The zero-order chi connectivity index (χ0) is 11.3. The van der Waals surface area contributed by atoms with Gasteiger partial charge < -0.3 is 10.7 Å². The number of nitrogens with zero attached hydrogens (tertiary/aromatic N) is 2. The third-order valence-corrected chi connectivity index (χ3v) is 3.22. The number of hydrogen-bond donors (Lipinski definition) is 3. The van der Waals surface area contributed by atoms with Crippen LogP contribution in [-0.2, 0) is 10.8 Å². The summed E-state index contributed by atoms with van der Waals surface area (Å²) < 4.78 is 11.1. The summed E-state index contributed by atoms with van der Waals surface area (Å²) >= 11 is 0. The van der Waals surface area contributed by atoms with Gasteiger partial charge in [0.15, 0.2) is 5.82 Å². The lowest BCUT2D eigenvalue weighted by Crippen LogP contribution is -2.21. The number of nitrogens with two attached hydrogens (primary N) is 1. The molecule has 0 fully saturated rings. The molecule has 0 amide bonds. The molecule has 0 aromatic carbocycles. The maximum Gasteiger partial charge on any atom is 0.160 e. The van der Waals surface area contributed by atoms with Gasteiger partial charge in [-0.05, 0) is 6.92 Å². The molecule has 0 bridgehead atoms. The summed E-state index contributed by atoms with van der Waals surface area (Å²) in [4.78, 5) is 8.05. The smallest absolute Gasteiger partial charge is 0.160 e. The SMILES string of the molecule is CC(CNc1cncc(NN)n1)S(C)=O. The second-order valence-electron chi connectivity index (χ2n) is 3.12. The van der Waals surface area contributed by atoms with E-state index in [9.17, 15) is 4.21 Å². The number of hydrazine groups is 1. The number of nitrogens with one attached hydrogen (secondary N) is 2. The van der Waals surface area contributed by atoms with Gasteiger partial charge in [-0.15, -0.1) is 0 Å². The molecule has 1 heterocycles. The molecule has 1 aromatic rings. The summed E-state index contributed by atoms with van der Waals surface area (Å²) in [5, 5.41) is 3.11. The number of aromatic nitrogens is 2. The highest BCUT2D eigenvalue weighted by molar-refractivity contribution is 7.84. The van der Waals surface area contributed by atoms with Crippen molar-refractivity contribution in [3.8, 4) is 0 Å². The Morgan fingerprint density at radius 3 is 2.80 bits per heavy atom. The van der Waals surface area contributed by atoms with Crippen LogP contribution in [0, 0.1) is 0 Å². The van der Waals surface area contributed by atoms with Crippen molar-refractivity contribution in [3.63, 3.8) is 0 Å². The van der Waals surface area contributed by atoms with Crippen LogP contribution in [-0.4, -0.2) is 32.2 Å². The maximum absolute atomic E-state index is 11.1. The summed E-state index contributed by atoms with van der Waals surface area (Å²) in [5.74, 6) is 6.30. The van der Waals surface area contributed by atoms with Gasteiger partial charge in [-0.25, -0.2) is 10.8 Å². The van der Waals surface area contributed by atoms with Gasteiger partial charge in [-0.2, -0.15) is 0 Å². The summed E-state index contributed by atoms with van der Waals surface area (Å²) in [6.45, 7) is 2.49.